The molecule has 0 spiro atoms. The van der Waals surface area contributed by atoms with Crippen molar-refractivity contribution in [3.05, 3.63) is 0 Å². The van der Waals surface area contributed by atoms with Crippen LogP contribution in [0.1, 0.15) is 6.42 Å². The van der Waals surface area contributed by atoms with Crippen molar-refractivity contribution < 1.29 is 17.9 Å². The molecule has 0 aromatic heterocycles. The van der Waals surface area contributed by atoms with Gasteiger partial charge in [0, 0.05) is 5.37 Å². The second kappa shape index (κ2) is 4.08. The van der Waals surface area contributed by atoms with E-state index in [0.717, 1.165) is 5.37 Å². The highest BCUT2D eigenvalue weighted by atomic mass is 32.2. The van der Waals surface area contributed by atoms with Crippen molar-refractivity contribution in [1.29, 1.82) is 0 Å². The summed E-state index contributed by atoms with van der Waals surface area (Å²) < 4.78 is 23.7. The summed E-state index contributed by atoms with van der Waals surface area (Å²) in [6.07, 6.45) is -0.188. The Hall–Kier alpha value is -0.840. The molecule has 0 amide bonds. The van der Waals surface area contributed by atoms with Gasteiger partial charge >= 0.3 is 5.97 Å². The molecule has 0 atom stereocenters. The number of esters is 1. The zero-order valence-corrected chi connectivity index (χ0v) is 5.64. The average Bonchev–Trinajstić information content (AvgIpc) is 1.83. The van der Waals surface area contributed by atoms with E-state index in [1.54, 1.807) is 0 Å². The van der Waals surface area contributed by atoms with Gasteiger partial charge in [-0.3, -0.25) is 4.79 Å². The van der Waals surface area contributed by atoms with Crippen molar-refractivity contribution in [2.45, 2.75) is 6.42 Å². The normalized spacial score (nSPS) is 8.11. The Labute approximate surface area is 54.0 Å². The topological polar surface area (TPSA) is 60.4 Å². The van der Waals surface area contributed by atoms with E-state index in [1.807, 2.05) is 0 Å². The summed E-state index contributed by atoms with van der Waals surface area (Å²) in [5, 5.41) is 0.839. The molecule has 0 aliphatic rings. The Bertz CT molecular complexity index is 205. The molecule has 0 saturated heterocycles. The van der Waals surface area contributed by atoms with Crippen molar-refractivity contribution in [1.82, 2.24) is 0 Å². The van der Waals surface area contributed by atoms with E-state index >= 15 is 0 Å². The highest BCUT2D eigenvalue weighted by Crippen LogP contribution is 1.76. The number of hydrogen-bond acceptors (Lipinski definition) is 4. The van der Waals surface area contributed by atoms with E-state index in [-0.39, 0.29) is 6.42 Å². The predicted octanol–water partition coefficient (Wildman–Crippen LogP) is -0.769. The first-order chi connectivity index (χ1) is 4.16. The van der Waals surface area contributed by atoms with Gasteiger partial charge in [-0.1, -0.05) is 0 Å². The van der Waals surface area contributed by atoms with Crippen LogP contribution in [-0.4, -0.2) is 26.9 Å². The highest BCUT2D eigenvalue weighted by Gasteiger charge is 1.93. The summed E-state index contributed by atoms with van der Waals surface area (Å²) in [5.74, 6) is -0.556. The van der Waals surface area contributed by atoms with Crippen LogP contribution in [0.4, 0.5) is 0 Å². The van der Waals surface area contributed by atoms with E-state index < -0.39 is 16.3 Å². The molecule has 0 radical (unpaired) electrons. The van der Waals surface area contributed by atoms with Crippen LogP contribution in [0.2, 0.25) is 0 Å². The molecule has 0 heterocycles. The molecule has 9 heavy (non-hydrogen) atoms. The minimum atomic E-state index is -2.26. The number of carbonyl (C=O) groups is 1. The van der Waals surface area contributed by atoms with Gasteiger partial charge in [0.1, 0.15) is 0 Å². The molecule has 0 fully saturated rings. The van der Waals surface area contributed by atoms with E-state index in [9.17, 15) is 13.2 Å². The zero-order valence-electron chi connectivity index (χ0n) is 4.83. The SMILES string of the molecule is COC(=O)CC=S(=O)=O. The highest BCUT2D eigenvalue weighted by molar-refractivity contribution is 7.71. The van der Waals surface area contributed by atoms with Crippen LogP contribution in [0.3, 0.4) is 0 Å². The van der Waals surface area contributed by atoms with Gasteiger partial charge in [-0.05, 0) is 0 Å². The van der Waals surface area contributed by atoms with Crippen molar-refractivity contribution in [2.75, 3.05) is 7.11 Å². The summed E-state index contributed by atoms with van der Waals surface area (Å²) in [6, 6.07) is 0. The van der Waals surface area contributed by atoms with Gasteiger partial charge in [0.05, 0.1) is 13.5 Å². The summed E-state index contributed by atoms with van der Waals surface area (Å²) in [7, 11) is -1.07. The molecule has 0 aliphatic carbocycles. The number of rotatable bonds is 2. The lowest BCUT2D eigenvalue weighted by Crippen LogP contribution is -1.99. The fraction of sp³-hybridized carbons (Fsp3) is 0.500. The van der Waals surface area contributed by atoms with E-state index in [4.69, 9.17) is 0 Å². The first kappa shape index (κ1) is 8.16. The smallest absolute Gasteiger partial charge is 0.310 e. The van der Waals surface area contributed by atoms with Crippen LogP contribution in [0, 0.1) is 0 Å². The Balaban J connectivity index is 3.78. The summed E-state index contributed by atoms with van der Waals surface area (Å²) in [4.78, 5) is 10.2. The van der Waals surface area contributed by atoms with E-state index in [1.165, 1.54) is 7.11 Å². The first-order valence-electron chi connectivity index (χ1n) is 2.15. The summed E-state index contributed by atoms with van der Waals surface area (Å²) >= 11 is 0. The lowest BCUT2D eigenvalue weighted by Gasteiger charge is -1.87. The maximum absolute atomic E-state index is 10.2. The van der Waals surface area contributed by atoms with Gasteiger partial charge in [0.25, 0.3) is 0 Å². The lowest BCUT2D eigenvalue weighted by molar-refractivity contribution is -0.139. The second-order valence-corrected chi connectivity index (χ2v) is 2.06. The molecular formula is C4H6O4S. The molecule has 0 unspecified atom stereocenters. The number of methoxy groups -OCH3 is 1. The molecule has 0 aromatic rings. The summed E-state index contributed by atoms with van der Waals surface area (Å²) in [6.45, 7) is 0. The maximum Gasteiger partial charge on any atom is 0.310 e. The van der Waals surface area contributed by atoms with E-state index in [2.05, 4.69) is 4.74 Å². The van der Waals surface area contributed by atoms with Crippen LogP contribution >= 0.6 is 0 Å². The van der Waals surface area contributed by atoms with Gasteiger partial charge in [0.2, 0.25) is 10.3 Å². The molecule has 0 saturated carbocycles. The fourth-order valence-electron chi connectivity index (χ4n) is 0.219. The fourth-order valence-corrected chi connectivity index (χ4v) is 0.492. The van der Waals surface area contributed by atoms with Crippen molar-refractivity contribution >= 4 is 21.6 Å². The van der Waals surface area contributed by atoms with Crippen molar-refractivity contribution in [3.8, 4) is 0 Å². The number of ether oxygens (including phenoxy) is 1. The Kier molecular flexibility index (Phi) is 3.70. The first-order valence-corrected chi connectivity index (χ1v) is 3.29. The standard InChI is InChI=1S/C4H6O4S/c1-8-4(5)2-3-9(6)7/h3H,2H2,1H3. The van der Waals surface area contributed by atoms with E-state index in [0.29, 0.717) is 0 Å². The predicted molar refractivity (Wildman–Crippen MR) is 31.6 cm³/mol. The molecule has 0 bridgehead atoms. The number of hydrogen-bond donors (Lipinski definition) is 0. The van der Waals surface area contributed by atoms with Crippen LogP contribution in [0.5, 0.6) is 0 Å². The third-order valence-corrected chi connectivity index (χ3v) is 1.05. The number of carbonyl (C=O) groups excluding carboxylic acids is 1. The largest absolute Gasteiger partial charge is 0.469 e. The third kappa shape index (κ3) is 5.02. The minimum Gasteiger partial charge on any atom is -0.469 e. The Morgan fingerprint density at radius 2 is 2.22 bits per heavy atom. The average molecular weight is 150 g/mol. The monoisotopic (exact) mass is 150 g/mol. The van der Waals surface area contributed by atoms with Crippen molar-refractivity contribution in [3.63, 3.8) is 0 Å². The molecule has 52 valence electrons. The minimum absolute atomic E-state index is 0.188. The van der Waals surface area contributed by atoms with Gasteiger partial charge in [-0.15, -0.1) is 0 Å². The van der Waals surface area contributed by atoms with Crippen LogP contribution in [0.15, 0.2) is 0 Å². The Morgan fingerprint density at radius 3 is 2.56 bits per heavy atom. The Morgan fingerprint density at radius 1 is 1.67 bits per heavy atom. The molecule has 0 aromatic carbocycles. The molecule has 4 nitrogen and oxygen atoms in total. The van der Waals surface area contributed by atoms with Gasteiger partial charge < -0.3 is 4.74 Å². The van der Waals surface area contributed by atoms with Crippen LogP contribution < -0.4 is 0 Å². The van der Waals surface area contributed by atoms with Crippen LogP contribution in [-0.2, 0) is 19.8 Å². The van der Waals surface area contributed by atoms with Gasteiger partial charge in [-0.25, -0.2) is 0 Å². The zero-order chi connectivity index (χ0) is 7.28. The molecular weight excluding hydrogens is 144 g/mol. The maximum atomic E-state index is 10.2. The molecule has 0 aliphatic heterocycles. The molecule has 5 heteroatoms. The molecule has 0 N–H and O–H groups in total. The van der Waals surface area contributed by atoms with Gasteiger partial charge in [-0.2, -0.15) is 8.42 Å². The van der Waals surface area contributed by atoms with Gasteiger partial charge in [0.15, 0.2) is 0 Å². The van der Waals surface area contributed by atoms with Crippen LogP contribution in [0.25, 0.3) is 0 Å². The molecule has 0 rings (SSSR count). The second-order valence-electron chi connectivity index (χ2n) is 1.21. The lowest BCUT2D eigenvalue weighted by atomic mass is 10.5. The third-order valence-electron chi connectivity index (χ3n) is 0.614. The van der Waals surface area contributed by atoms with Crippen molar-refractivity contribution in [2.24, 2.45) is 0 Å². The summed E-state index contributed by atoms with van der Waals surface area (Å²) in [5.41, 5.74) is 0. The quantitative estimate of drug-likeness (QED) is 0.383.